The highest BCUT2D eigenvalue weighted by Crippen LogP contribution is 2.25. The van der Waals surface area contributed by atoms with Gasteiger partial charge in [0.25, 0.3) is 0 Å². The number of esters is 1. The maximum atomic E-state index is 11.3. The highest BCUT2D eigenvalue weighted by Gasteiger charge is 2.39. The molecule has 1 aliphatic heterocycles. The summed E-state index contributed by atoms with van der Waals surface area (Å²) in [4.78, 5) is 13.5. The van der Waals surface area contributed by atoms with Crippen molar-refractivity contribution in [3.63, 3.8) is 0 Å². The van der Waals surface area contributed by atoms with Crippen molar-refractivity contribution in [1.29, 1.82) is 0 Å². The molecule has 1 rings (SSSR count). The van der Waals surface area contributed by atoms with E-state index in [1.807, 2.05) is 7.05 Å². The Hall–Kier alpha value is -0.610. The molecular formula is C10H20N2O2. The van der Waals surface area contributed by atoms with Gasteiger partial charge in [0.1, 0.15) is 6.04 Å². The summed E-state index contributed by atoms with van der Waals surface area (Å²) in [6, 6.07) is -0.186. The maximum Gasteiger partial charge on any atom is 0.324 e. The summed E-state index contributed by atoms with van der Waals surface area (Å²) in [5, 5.41) is 3.28. The van der Waals surface area contributed by atoms with Crippen LogP contribution in [-0.4, -0.2) is 43.8 Å². The van der Waals surface area contributed by atoms with E-state index in [4.69, 9.17) is 4.74 Å². The molecule has 0 unspecified atom stereocenters. The van der Waals surface area contributed by atoms with E-state index in [1.165, 1.54) is 7.11 Å². The first-order valence-electron chi connectivity index (χ1n) is 4.90. The molecule has 0 bridgehead atoms. The predicted molar refractivity (Wildman–Crippen MR) is 54.8 cm³/mol. The Balaban J connectivity index is 2.65. The number of carbonyl (C=O) groups is 1. The third-order valence-electron chi connectivity index (χ3n) is 2.58. The summed E-state index contributed by atoms with van der Waals surface area (Å²) in [5.74, 6) is -0.177. The molecule has 82 valence electrons. The zero-order valence-corrected chi connectivity index (χ0v) is 9.63. The second-order valence-electron chi connectivity index (χ2n) is 4.95. The van der Waals surface area contributed by atoms with Crippen molar-refractivity contribution in [3.05, 3.63) is 0 Å². The van der Waals surface area contributed by atoms with Crippen molar-refractivity contribution in [2.24, 2.45) is 5.41 Å². The van der Waals surface area contributed by atoms with Crippen LogP contribution in [0.4, 0.5) is 0 Å². The van der Waals surface area contributed by atoms with Crippen molar-refractivity contribution in [2.45, 2.75) is 33.0 Å². The average Bonchev–Trinajstić information content (AvgIpc) is 2.45. The lowest BCUT2D eigenvalue weighted by molar-refractivity contribution is -0.142. The van der Waals surface area contributed by atoms with E-state index in [0.717, 1.165) is 0 Å². The van der Waals surface area contributed by atoms with Crippen LogP contribution in [0.15, 0.2) is 0 Å². The van der Waals surface area contributed by atoms with Gasteiger partial charge < -0.3 is 4.74 Å². The fraction of sp³-hybridized carbons (Fsp3) is 0.900. The fourth-order valence-corrected chi connectivity index (χ4v) is 1.96. The quantitative estimate of drug-likeness (QED) is 0.623. The fourth-order valence-electron chi connectivity index (χ4n) is 1.96. The van der Waals surface area contributed by atoms with Crippen LogP contribution in [0.3, 0.4) is 0 Å². The number of nitrogens with zero attached hydrogens (tertiary/aromatic N) is 1. The molecule has 1 heterocycles. The first-order chi connectivity index (χ1) is 6.36. The summed E-state index contributed by atoms with van der Waals surface area (Å²) in [6.45, 7) is 7.18. The van der Waals surface area contributed by atoms with Crippen LogP contribution in [-0.2, 0) is 9.53 Å². The number of hydrogen-bond donors (Lipinski definition) is 1. The molecular weight excluding hydrogens is 180 g/mol. The molecule has 0 spiro atoms. The van der Waals surface area contributed by atoms with Crippen LogP contribution in [0.25, 0.3) is 0 Å². The number of nitrogens with one attached hydrogen (secondary N) is 1. The lowest BCUT2D eigenvalue weighted by atomic mass is 9.92. The Morgan fingerprint density at radius 3 is 2.43 bits per heavy atom. The first kappa shape index (κ1) is 11.5. The van der Waals surface area contributed by atoms with Crippen molar-refractivity contribution in [1.82, 2.24) is 10.2 Å². The third-order valence-corrected chi connectivity index (χ3v) is 2.58. The number of carbonyl (C=O) groups excluding carboxylic acids is 1. The van der Waals surface area contributed by atoms with E-state index in [-0.39, 0.29) is 23.6 Å². The molecule has 4 nitrogen and oxygen atoms in total. The predicted octanol–water partition coefficient (Wildman–Crippen LogP) is 0.435. The summed E-state index contributed by atoms with van der Waals surface area (Å²) >= 11 is 0. The van der Waals surface area contributed by atoms with Gasteiger partial charge in [-0.2, -0.15) is 0 Å². The zero-order chi connectivity index (χ0) is 10.9. The van der Waals surface area contributed by atoms with Gasteiger partial charge in [-0.3, -0.25) is 15.0 Å². The molecule has 1 N–H and O–H groups in total. The molecule has 1 saturated heterocycles. The van der Waals surface area contributed by atoms with E-state index in [1.54, 1.807) is 0 Å². The highest BCUT2D eigenvalue weighted by molar-refractivity contribution is 5.76. The molecule has 0 aromatic rings. The van der Waals surface area contributed by atoms with Gasteiger partial charge in [0.05, 0.1) is 13.3 Å². The van der Waals surface area contributed by atoms with Crippen LogP contribution in [0, 0.1) is 5.41 Å². The number of methoxy groups -OCH3 is 1. The van der Waals surface area contributed by atoms with Crippen LogP contribution in [0.1, 0.15) is 20.8 Å². The van der Waals surface area contributed by atoms with Gasteiger partial charge in [0, 0.05) is 6.54 Å². The number of likely N-dealkylation sites (N-methyl/N-ethyl adjacent to an activating group) is 1. The molecule has 0 aromatic heterocycles. The maximum absolute atomic E-state index is 11.3. The average molecular weight is 200 g/mol. The van der Waals surface area contributed by atoms with Gasteiger partial charge in [-0.1, -0.05) is 20.8 Å². The van der Waals surface area contributed by atoms with Crippen molar-refractivity contribution in [3.8, 4) is 0 Å². The molecule has 1 aliphatic rings. The topological polar surface area (TPSA) is 41.6 Å². The van der Waals surface area contributed by atoms with Crippen LogP contribution >= 0.6 is 0 Å². The Morgan fingerprint density at radius 2 is 2.07 bits per heavy atom. The van der Waals surface area contributed by atoms with E-state index < -0.39 is 0 Å². The van der Waals surface area contributed by atoms with Crippen LogP contribution in [0.5, 0.6) is 0 Å². The lowest BCUT2D eigenvalue weighted by Gasteiger charge is -2.32. The Bertz CT molecular complexity index is 223. The molecule has 1 fully saturated rings. The Kier molecular flexibility index (Phi) is 3.17. The number of rotatable bonds is 1. The minimum Gasteiger partial charge on any atom is -0.468 e. The van der Waals surface area contributed by atoms with Gasteiger partial charge in [0.2, 0.25) is 0 Å². The van der Waals surface area contributed by atoms with Crippen LogP contribution in [0.2, 0.25) is 0 Å². The largest absolute Gasteiger partial charge is 0.468 e. The SMILES string of the molecule is COC(=O)[C@@H]1CN(C)[C@@H](C(C)(C)C)N1. The molecule has 14 heavy (non-hydrogen) atoms. The Morgan fingerprint density at radius 1 is 1.50 bits per heavy atom. The van der Waals surface area contributed by atoms with E-state index in [9.17, 15) is 4.79 Å². The van der Waals surface area contributed by atoms with Gasteiger partial charge in [-0.25, -0.2) is 0 Å². The Labute approximate surface area is 85.6 Å². The molecule has 4 heteroatoms. The summed E-state index contributed by atoms with van der Waals surface area (Å²) in [7, 11) is 3.44. The zero-order valence-electron chi connectivity index (χ0n) is 9.63. The smallest absolute Gasteiger partial charge is 0.324 e. The van der Waals surface area contributed by atoms with Crippen LogP contribution < -0.4 is 5.32 Å². The van der Waals surface area contributed by atoms with Crippen molar-refractivity contribution >= 4 is 5.97 Å². The minimum absolute atomic E-state index is 0.123. The molecule has 0 amide bonds. The normalized spacial score (nSPS) is 29.2. The van der Waals surface area contributed by atoms with E-state index in [0.29, 0.717) is 6.54 Å². The first-order valence-corrected chi connectivity index (χ1v) is 4.90. The summed E-state index contributed by atoms with van der Waals surface area (Å²) < 4.78 is 4.72. The standard InChI is InChI=1S/C10H20N2O2/c1-10(2,3)9-11-7(6-12(9)4)8(13)14-5/h7,9,11H,6H2,1-5H3/t7-,9-/m0/s1. The molecule has 0 saturated carbocycles. The van der Waals surface area contributed by atoms with Crippen molar-refractivity contribution < 1.29 is 9.53 Å². The lowest BCUT2D eigenvalue weighted by Crippen LogP contribution is -2.46. The third kappa shape index (κ3) is 2.25. The molecule has 0 radical (unpaired) electrons. The minimum atomic E-state index is -0.186. The monoisotopic (exact) mass is 200 g/mol. The second-order valence-corrected chi connectivity index (χ2v) is 4.95. The van der Waals surface area contributed by atoms with Crippen molar-refractivity contribution in [2.75, 3.05) is 20.7 Å². The number of ether oxygens (including phenoxy) is 1. The molecule has 0 aliphatic carbocycles. The van der Waals surface area contributed by atoms with E-state index in [2.05, 4.69) is 31.0 Å². The number of hydrogen-bond acceptors (Lipinski definition) is 4. The summed E-state index contributed by atoms with van der Waals surface area (Å²) in [6.07, 6.45) is 0.228. The van der Waals surface area contributed by atoms with E-state index >= 15 is 0 Å². The highest BCUT2D eigenvalue weighted by atomic mass is 16.5. The molecule has 2 atom stereocenters. The molecule has 0 aromatic carbocycles. The second kappa shape index (κ2) is 3.87. The summed E-state index contributed by atoms with van der Waals surface area (Å²) in [5.41, 5.74) is 0.123. The van der Waals surface area contributed by atoms with Gasteiger partial charge in [0.15, 0.2) is 0 Å². The van der Waals surface area contributed by atoms with Gasteiger partial charge in [-0.05, 0) is 12.5 Å². The van der Waals surface area contributed by atoms with Gasteiger partial charge in [-0.15, -0.1) is 0 Å². The van der Waals surface area contributed by atoms with Gasteiger partial charge >= 0.3 is 5.97 Å².